The molecule has 2 heterocycles. The minimum Gasteiger partial charge on any atom is -0.543 e. The molecule has 1 fully saturated rings. The Balaban J connectivity index is 0.00000176. The first-order valence-corrected chi connectivity index (χ1v) is 7.01. The van der Waals surface area contributed by atoms with Crippen molar-refractivity contribution in [1.82, 2.24) is 4.90 Å². The molecule has 1 saturated heterocycles. The number of aliphatic hydroxyl groups excluding tert-OH is 1. The van der Waals surface area contributed by atoms with Crippen molar-refractivity contribution in [2.24, 2.45) is 5.92 Å². The van der Waals surface area contributed by atoms with Crippen LogP contribution in [0, 0.1) is 5.92 Å². The second kappa shape index (κ2) is 6.34. The van der Waals surface area contributed by atoms with Crippen molar-refractivity contribution >= 4 is 29.1 Å². The third kappa shape index (κ3) is 2.61. The van der Waals surface area contributed by atoms with Gasteiger partial charge in [0.25, 0.3) is 0 Å². The average molecular weight is 330 g/mol. The van der Waals surface area contributed by atoms with Gasteiger partial charge in [0.2, 0.25) is 5.91 Å². The van der Waals surface area contributed by atoms with Crippen LogP contribution in [-0.4, -0.2) is 34.0 Å². The number of hydrogen-bond acceptors (Lipinski definition) is 4. The summed E-state index contributed by atoms with van der Waals surface area (Å²) in [5, 5.41) is 21.6. The molecule has 1 aromatic carbocycles. The number of fused-ring (bicyclic) bond motifs is 1. The van der Waals surface area contributed by atoms with Crippen molar-refractivity contribution in [2.45, 2.75) is 25.5 Å². The molecule has 1 amide bonds. The van der Waals surface area contributed by atoms with E-state index in [-0.39, 0.29) is 47.2 Å². The molecule has 0 aliphatic carbocycles. The van der Waals surface area contributed by atoms with Gasteiger partial charge in [-0.2, -0.15) is 0 Å². The molecular formula is C15H13ClNNaO4. The maximum absolute atomic E-state index is 12.1. The van der Waals surface area contributed by atoms with Gasteiger partial charge >= 0.3 is 29.6 Å². The van der Waals surface area contributed by atoms with E-state index in [1.807, 2.05) is 0 Å². The van der Waals surface area contributed by atoms with Crippen molar-refractivity contribution in [1.29, 1.82) is 0 Å². The topological polar surface area (TPSA) is 80.7 Å². The predicted molar refractivity (Wildman–Crippen MR) is 73.8 cm³/mol. The molecular weight excluding hydrogens is 317 g/mol. The van der Waals surface area contributed by atoms with E-state index in [2.05, 4.69) is 0 Å². The van der Waals surface area contributed by atoms with E-state index in [0.717, 1.165) is 0 Å². The van der Waals surface area contributed by atoms with Gasteiger partial charge in [-0.1, -0.05) is 23.7 Å². The third-order valence-corrected chi connectivity index (χ3v) is 4.33. The fourth-order valence-corrected chi connectivity index (χ4v) is 3.38. The summed E-state index contributed by atoms with van der Waals surface area (Å²) in [4.78, 5) is 24.7. The second-order valence-corrected chi connectivity index (χ2v) is 5.81. The average Bonchev–Trinajstić information content (AvgIpc) is 2.73. The van der Waals surface area contributed by atoms with Crippen LogP contribution < -0.4 is 34.7 Å². The zero-order valence-corrected chi connectivity index (χ0v) is 15.0. The fourth-order valence-electron chi connectivity index (χ4n) is 3.19. The van der Waals surface area contributed by atoms with Crippen LogP contribution in [0.3, 0.4) is 0 Å². The van der Waals surface area contributed by atoms with Crippen LogP contribution in [0.25, 0.3) is 5.57 Å². The summed E-state index contributed by atoms with van der Waals surface area (Å²) in [6.07, 6.45) is -0.425. The Morgan fingerprint density at radius 3 is 2.73 bits per heavy atom. The summed E-state index contributed by atoms with van der Waals surface area (Å²) < 4.78 is 0. The maximum Gasteiger partial charge on any atom is 1.00 e. The first kappa shape index (κ1) is 17.5. The fraction of sp³-hybridized carbons (Fsp3) is 0.333. The summed E-state index contributed by atoms with van der Waals surface area (Å²) >= 11 is 5.94. The maximum atomic E-state index is 12.1. The number of β-lactam (4-membered cyclic amide) rings is 1. The van der Waals surface area contributed by atoms with Crippen LogP contribution in [0.4, 0.5) is 0 Å². The van der Waals surface area contributed by atoms with Crippen molar-refractivity contribution in [3.05, 3.63) is 40.5 Å². The quantitative estimate of drug-likeness (QED) is 0.488. The van der Waals surface area contributed by atoms with Crippen LogP contribution in [0.1, 0.15) is 18.9 Å². The van der Waals surface area contributed by atoms with E-state index in [1.165, 1.54) is 11.8 Å². The van der Waals surface area contributed by atoms with Gasteiger partial charge in [-0.25, -0.2) is 0 Å². The number of carboxylic acid groups (broad SMARTS) is 1. The number of carbonyl (C=O) groups is 2. The number of halogens is 1. The van der Waals surface area contributed by atoms with Crippen LogP contribution in [0.15, 0.2) is 30.0 Å². The minimum absolute atomic E-state index is 0. The number of aliphatic hydroxyl groups is 1. The molecule has 2 aliphatic rings. The minimum atomic E-state index is -1.38. The predicted octanol–water partition coefficient (Wildman–Crippen LogP) is -2.58. The molecule has 3 atom stereocenters. The number of amides is 1. The van der Waals surface area contributed by atoms with Crippen molar-refractivity contribution < 1.29 is 49.4 Å². The molecule has 1 N–H and O–H groups in total. The van der Waals surface area contributed by atoms with E-state index in [9.17, 15) is 19.8 Å². The molecule has 0 saturated carbocycles. The van der Waals surface area contributed by atoms with Crippen LogP contribution >= 0.6 is 11.6 Å². The molecule has 3 rings (SSSR count). The molecule has 0 bridgehead atoms. The van der Waals surface area contributed by atoms with Gasteiger partial charge in [0.05, 0.1) is 29.7 Å². The molecule has 0 spiro atoms. The summed E-state index contributed by atoms with van der Waals surface area (Å²) in [5.41, 5.74) is 1.08. The van der Waals surface area contributed by atoms with Gasteiger partial charge in [0.1, 0.15) is 0 Å². The SMILES string of the molecule is C[C@@H](O)[C@@H]1C(=O)N2C(C(=O)[O-])=C(c3cccc(Cl)c3)C[C@H]12.[Na+]. The number of hydrogen-bond donors (Lipinski definition) is 1. The van der Waals surface area contributed by atoms with Crippen LogP contribution in [-0.2, 0) is 9.59 Å². The smallest absolute Gasteiger partial charge is 0.543 e. The number of carbonyl (C=O) groups excluding carboxylic acids is 2. The number of nitrogens with zero attached hydrogens (tertiary/aromatic N) is 1. The molecule has 7 heteroatoms. The van der Waals surface area contributed by atoms with Gasteiger partial charge in [-0.05, 0) is 36.6 Å². The van der Waals surface area contributed by atoms with Gasteiger partial charge in [-0.3, -0.25) is 4.79 Å². The van der Waals surface area contributed by atoms with E-state index < -0.39 is 18.0 Å². The summed E-state index contributed by atoms with van der Waals surface area (Å²) in [6, 6.07) is 6.50. The molecule has 2 aliphatic heterocycles. The largest absolute Gasteiger partial charge is 1.00 e. The Morgan fingerprint density at radius 1 is 1.50 bits per heavy atom. The number of aliphatic carboxylic acids is 1. The van der Waals surface area contributed by atoms with Crippen molar-refractivity contribution in [3.8, 4) is 0 Å². The molecule has 22 heavy (non-hydrogen) atoms. The van der Waals surface area contributed by atoms with Gasteiger partial charge < -0.3 is 19.9 Å². The first-order valence-electron chi connectivity index (χ1n) is 6.63. The monoisotopic (exact) mass is 329 g/mol. The first-order chi connectivity index (χ1) is 9.91. The Labute approximate surface area is 154 Å². The van der Waals surface area contributed by atoms with Gasteiger partial charge in [0.15, 0.2) is 0 Å². The third-order valence-electron chi connectivity index (χ3n) is 4.09. The number of carboxylic acids is 1. The Morgan fingerprint density at radius 2 is 2.18 bits per heavy atom. The van der Waals surface area contributed by atoms with Gasteiger partial charge in [0, 0.05) is 5.02 Å². The molecule has 0 unspecified atom stereocenters. The Kier molecular flexibility index (Phi) is 5.04. The molecule has 5 nitrogen and oxygen atoms in total. The van der Waals surface area contributed by atoms with Crippen LogP contribution in [0.5, 0.6) is 0 Å². The molecule has 1 aromatic rings. The zero-order chi connectivity index (χ0) is 15.3. The zero-order valence-electron chi connectivity index (χ0n) is 12.2. The Hall–Kier alpha value is -0.850. The van der Waals surface area contributed by atoms with E-state index in [0.29, 0.717) is 22.6 Å². The molecule has 0 radical (unpaired) electrons. The van der Waals surface area contributed by atoms with Crippen molar-refractivity contribution in [3.63, 3.8) is 0 Å². The van der Waals surface area contributed by atoms with E-state index in [1.54, 1.807) is 24.3 Å². The summed E-state index contributed by atoms with van der Waals surface area (Å²) in [5.74, 6) is -2.31. The van der Waals surface area contributed by atoms with Crippen LogP contribution in [0.2, 0.25) is 5.02 Å². The van der Waals surface area contributed by atoms with E-state index >= 15 is 0 Å². The normalized spacial score (nSPS) is 24.5. The molecule has 110 valence electrons. The standard InChI is InChI=1S/C15H14ClNO4.Na/c1-7(18)12-11-6-10(8-3-2-4-9(16)5-8)13(15(20)21)17(11)14(12)19;/h2-5,7,11-12,18H,6H2,1H3,(H,20,21);/q;+1/p-1/t7-,11-,12+;/m1./s1. The summed E-state index contributed by atoms with van der Waals surface area (Å²) in [6.45, 7) is 1.54. The van der Waals surface area contributed by atoms with Crippen molar-refractivity contribution in [2.75, 3.05) is 0 Å². The van der Waals surface area contributed by atoms with E-state index in [4.69, 9.17) is 11.6 Å². The summed E-state index contributed by atoms with van der Waals surface area (Å²) in [7, 11) is 0. The van der Waals surface area contributed by atoms with Gasteiger partial charge in [-0.15, -0.1) is 0 Å². The number of rotatable bonds is 3. The number of benzene rings is 1. The molecule has 0 aromatic heterocycles. The Bertz CT molecular complexity index is 673. The second-order valence-electron chi connectivity index (χ2n) is 5.37.